The molecule has 1 heterocycles. The van der Waals surface area contributed by atoms with E-state index in [0.29, 0.717) is 10.7 Å². The minimum atomic E-state index is -0.526. The Bertz CT molecular complexity index is 1010. The van der Waals surface area contributed by atoms with Crippen LogP contribution in [-0.4, -0.2) is 21.6 Å². The van der Waals surface area contributed by atoms with Crippen LogP contribution < -0.4 is 5.43 Å². The number of carbonyl (C=O) groups is 1. The molecule has 0 aliphatic heterocycles. The second-order valence-corrected chi connectivity index (χ2v) is 6.08. The zero-order valence-corrected chi connectivity index (χ0v) is 15.1. The van der Waals surface area contributed by atoms with Crippen molar-refractivity contribution in [2.75, 3.05) is 0 Å². The first-order valence-electron chi connectivity index (χ1n) is 7.98. The molecule has 0 fully saturated rings. The lowest BCUT2D eigenvalue weighted by atomic mass is 10.2. The number of non-ortho nitro benzene ring substituents is 1. The van der Waals surface area contributed by atoms with Crippen molar-refractivity contribution in [3.8, 4) is 5.69 Å². The highest BCUT2D eigenvalue weighted by Gasteiger charge is 2.12. The molecule has 3 rings (SSSR count). The molecule has 0 atom stereocenters. The Morgan fingerprint density at radius 3 is 2.48 bits per heavy atom. The number of nitro benzene ring substituents is 1. The van der Waals surface area contributed by atoms with E-state index in [9.17, 15) is 14.9 Å². The molecule has 27 heavy (non-hydrogen) atoms. The number of halogens is 1. The minimum Gasteiger partial charge on any atom is -0.307 e. The Balaban J connectivity index is 1.74. The summed E-state index contributed by atoms with van der Waals surface area (Å²) in [5, 5.41) is 15.1. The molecule has 1 N–H and O–H groups in total. The van der Waals surface area contributed by atoms with E-state index in [-0.39, 0.29) is 11.3 Å². The maximum Gasteiger partial charge on any atom is 0.271 e. The molecule has 0 spiro atoms. The summed E-state index contributed by atoms with van der Waals surface area (Å²) < 4.78 is 1.83. The van der Waals surface area contributed by atoms with Gasteiger partial charge < -0.3 is 4.57 Å². The average molecular weight is 383 g/mol. The molecule has 2 aromatic carbocycles. The maximum absolute atomic E-state index is 12.1. The van der Waals surface area contributed by atoms with Crippen LogP contribution in [0.2, 0.25) is 5.15 Å². The molecule has 1 aromatic heterocycles. The summed E-state index contributed by atoms with van der Waals surface area (Å²) >= 11 is 6.44. The number of hydrazone groups is 1. The first-order chi connectivity index (χ1) is 13.0. The van der Waals surface area contributed by atoms with E-state index in [4.69, 9.17) is 11.6 Å². The largest absolute Gasteiger partial charge is 0.307 e. The van der Waals surface area contributed by atoms with Crippen LogP contribution in [0.3, 0.4) is 0 Å². The number of amides is 1. The Morgan fingerprint density at radius 2 is 1.85 bits per heavy atom. The number of carbonyl (C=O) groups excluding carboxylic acids is 1. The van der Waals surface area contributed by atoms with Gasteiger partial charge in [-0.1, -0.05) is 29.8 Å². The highest BCUT2D eigenvalue weighted by molar-refractivity contribution is 6.32. The number of benzene rings is 2. The Hall–Kier alpha value is -3.45. The Kier molecular flexibility index (Phi) is 5.33. The second kappa shape index (κ2) is 7.84. The number of para-hydroxylation sites is 1. The van der Waals surface area contributed by atoms with E-state index < -0.39 is 10.8 Å². The van der Waals surface area contributed by atoms with E-state index in [1.165, 1.54) is 30.5 Å². The number of nitrogens with zero attached hydrogens (tertiary/aromatic N) is 3. The van der Waals surface area contributed by atoms with Crippen LogP contribution in [-0.2, 0) is 0 Å². The third kappa shape index (κ3) is 4.04. The van der Waals surface area contributed by atoms with Crippen molar-refractivity contribution in [2.24, 2.45) is 5.10 Å². The van der Waals surface area contributed by atoms with Crippen LogP contribution in [0, 0.1) is 17.0 Å². The van der Waals surface area contributed by atoms with Crippen molar-refractivity contribution in [3.63, 3.8) is 0 Å². The van der Waals surface area contributed by atoms with Gasteiger partial charge in [-0.05, 0) is 36.8 Å². The molecule has 136 valence electrons. The fraction of sp³-hybridized carbons (Fsp3) is 0.0526. The molecule has 0 radical (unpaired) electrons. The molecule has 7 nitrogen and oxygen atoms in total. The summed E-state index contributed by atoms with van der Waals surface area (Å²) in [5.41, 5.74) is 5.08. The lowest BCUT2D eigenvalue weighted by Gasteiger charge is -2.04. The number of hydrogen-bond acceptors (Lipinski definition) is 4. The van der Waals surface area contributed by atoms with Gasteiger partial charge >= 0.3 is 0 Å². The molecule has 1 amide bonds. The highest BCUT2D eigenvalue weighted by atomic mass is 35.5. The van der Waals surface area contributed by atoms with Gasteiger partial charge in [0, 0.05) is 35.1 Å². The zero-order valence-electron chi connectivity index (χ0n) is 14.3. The van der Waals surface area contributed by atoms with Crippen LogP contribution in [0.15, 0.2) is 65.9 Å². The van der Waals surface area contributed by atoms with E-state index in [1.54, 1.807) is 0 Å². The van der Waals surface area contributed by atoms with Crippen molar-refractivity contribution in [1.82, 2.24) is 9.99 Å². The van der Waals surface area contributed by atoms with Gasteiger partial charge in [-0.2, -0.15) is 5.10 Å². The normalized spacial score (nSPS) is 10.9. The number of aryl methyl sites for hydroxylation is 1. The van der Waals surface area contributed by atoms with Gasteiger partial charge in [-0.25, -0.2) is 5.43 Å². The molecule has 8 heteroatoms. The number of hydrogen-bond donors (Lipinski definition) is 1. The fourth-order valence-corrected chi connectivity index (χ4v) is 2.84. The molecule has 0 unspecified atom stereocenters. The van der Waals surface area contributed by atoms with E-state index in [0.717, 1.165) is 11.3 Å². The van der Waals surface area contributed by atoms with Gasteiger partial charge in [0.2, 0.25) is 0 Å². The van der Waals surface area contributed by atoms with E-state index >= 15 is 0 Å². The topological polar surface area (TPSA) is 89.5 Å². The van der Waals surface area contributed by atoms with Gasteiger partial charge in [0.25, 0.3) is 11.6 Å². The monoisotopic (exact) mass is 382 g/mol. The van der Waals surface area contributed by atoms with Gasteiger partial charge in [0.1, 0.15) is 5.15 Å². The lowest BCUT2D eigenvalue weighted by molar-refractivity contribution is -0.384. The highest BCUT2D eigenvalue weighted by Crippen LogP contribution is 2.24. The van der Waals surface area contributed by atoms with Gasteiger partial charge in [0.15, 0.2) is 0 Å². The predicted octanol–water partition coefficient (Wildman–Crippen LogP) is 4.11. The summed E-state index contributed by atoms with van der Waals surface area (Å²) in [6.07, 6.45) is 3.36. The lowest BCUT2D eigenvalue weighted by Crippen LogP contribution is -2.17. The van der Waals surface area contributed by atoms with Crippen LogP contribution in [0.5, 0.6) is 0 Å². The summed E-state index contributed by atoms with van der Waals surface area (Å²) in [7, 11) is 0. The molecular weight excluding hydrogens is 368 g/mol. The number of rotatable bonds is 5. The van der Waals surface area contributed by atoms with Gasteiger partial charge in [-0.15, -0.1) is 0 Å². The number of aromatic nitrogens is 1. The number of nitro groups is 1. The summed E-state index contributed by atoms with van der Waals surface area (Å²) in [5.74, 6) is -0.475. The van der Waals surface area contributed by atoms with Crippen molar-refractivity contribution < 1.29 is 9.72 Å². The minimum absolute atomic E-state index is 0.0836. The fourth-order valence-electron chi connectivity index (χ4n) is 2.50. The molecular formula is C19H15ClN4O3. The molecule has 0 saturated carbocycles. The summed E-state index contributed by atoms with van der Waals surface area (Å²) in [4.78, 5) is 22.2. The zero-order chi connectivity index (χ0) is 19.4. The summed E-state index contributed by atoms with van der Waals surface area (Å²) in [6.45, 7) is 1.89. The summed E-state index contributed by atoms with van der Waals surface area (Å²) in [6, 6.07) is 14.9. The van der Waals surface area contributed by atoms with Crippen molar-refractivity contribution in [2.45, 2.75) is 6.92 Å². The standard InChI is InChI=1S/C19H15ClN4O3/c1-13-12-23(15-5-3-2-4-6-15)18(20)17(13)11-21-22-19(25)14-7-9-16(10-8-14)24(26)27/h2-12H,1H3,(H,22,25)/b21-11+. The third-order valence-corrected chi connectivity index (χ3v) is 4.30. The predicted molar refractivity (Wildman–Crippen MR) is 104 cm³/mol. The van der Waals surface area contributed by atoms with Crippen LogP contribution in [0.4, 0.5) is 5.69 Å². The molecule has 0 bridgehead atoms. The molecule has 3 aromatic rings. The maximum atomic E-state index is 12.1. The van der Waals surface area contributed by atoms with Crippen LogP contribution in [0.1, 0.15) is 21.5 Å². The Morgan fingerprint density at radius 1 is 1.19 bits per heavy atom. The smallest absolute Gasteiger partial charge is 0.271 e. The average Bonchev–Trinajstić information content (AvgIpc) is 2.97. The molecule has 0 aliphatic rings. The van der Waals surface area contributed by atoms with E-state index in [2.05, 4.69) is 10.5 Å². The SMILES string of the molecule is Cc1cn(-c2ccccc2)c(Cl)c1/C=N/NC(=O)c1ccc([N+](=O)[O-])cc1. The van der Waals surface area contributed by atoms with Crippen molar-refractivity contribution in [3.05, 3.63) is 92.8 Å². The Labute approximate surface area is 160 Å². The van der Waals surface area contributed by atoms with Gasteiger partial charge in [0.05, 0.1) is 11.1 Å². The van der Waals surface area contributed by atoms with Crippen molar-refractivity contribution in [1.29, 1.82) is 0 Å². The number of nitrogens with one attached hydrogen (secondary N) is 1. The van der Waals surface area contributed by atoms with Crippen LogP contribution in [0.25, 0.3) is 5.69 Å². The van der Waals surface area contributed by atoms with Crippen LogP contribution >= 0.6 is 11.6 Å². The van der Waals surface area contributed by atoms with E-state index in [1.807, 2.05) is 48.0 Å². The first kappa shape index (κ1) is 18.3. The molecule has 0 aliphatic carbocycles. The first-order valence-corrected chi connectivity index (χ1v) is 8.36. The van der Waals surface area contributed by atoms with Gasteiger partial charge in [-0.3, -0.25) is 14.9 Å². The quantitative estimate of drug-likeness (QED) is 0.409. The third-order valence-electron chi connectivity index (χ3n) is 3.92. The van der Waals surface area contributed by atoms with Crippen molar-refractivity contribution >= 4 is 29.4 Å². The molecule has 0 saturated heterocycles. The second-order valence-electron chi connectivity index (χ2n) is 5.73.